The van der Waals surface area contributed by atoms with E-state index in [4.69, 9.17) is 14.3 Å². The van der Waals surface area contributed by atoms with Crippen LogP contribution in [0, 0.1) is 5.92 Å². The largest absolute Gasteiger partial charge is 0.481 e. The number of benzene rings is 2. The Morgan fingerprint density at radius 3 is 2.70 bits per heavy atom. The van der Waals surface area contributed by atoms with Crippen molar-refractivity contribution in [3.05, 3.63) is 65.0 Å². The van der Waals surface area contributed by atoms with Gasteiger partial charge in [-0.1, -0.05) is 30.3 Å². The van der Waals surface area contributed by atoms with Crippen molar-refractivity contribution in [2.24, 2.45) is 5.92 Å². The van der Waals surface area contributed by atoms with Crippen LogP contribution in [0.1, 0.15) is 54.7 Å². The number of ether oxygens (including phenoxy) is 1. The summed E-state index contributed by atoms with van der Waals surface area (Å²) in [6.45, 7) is 1.18. The van der Waals surface area contributed by atoms with Crippen LogP contribution in [0.5, 0.6) is 0 Å². The maximum atomic E-state index is 12.7. The Hall–Kier alpha value is -3.35. The van der Waals surface area contributed by atoms with Crippen LogP contribution in [0.2, 0.25) is 0 Å². The summed E-state index contributed by atoms with van der Waals surface area (Å²) in [5.74, 6) is 0.151. The smallest absolute Gasteiger partial charge is 0.410 e. The number of fused-ring (bicyclic) bond motifs is 2. The lowest BCUT2D eigenvalue weighted by Gasteiger charge is -2.32. The number of aromatic nitrogens is 1. The van der Waals surface area contributed by atoms with Crippen molar-refractivity contribution in [3.63, 3.8) is 0 Å². The number of carbonyl (C=O) groups is 2. The van der Waals surface area contributed by atoms with Crippen LogP contribution >= 0.6 is 0 Å². The van der Waals surface area contributed by atoms with Crippen molar-refractivity contribution >= 4 is 23.2 Å². The summed E-state index contributed by atoms with van der Waals surface area (Å²) < 4.78 is 11.6. The van der Waals surface area contributed by atoms with Crippen LogP contribution in [0.3, 0.4) is 0 Å². The van der Waals surface area contributed by atoms with Crippen LogP contribution in [0.15, 0.2) is 46.9 Å². The third-order valence-corrected chi connectivity index (χ3v) is 6.76. The Bertz CT molecular complexity index is 1130. The first kappa shape index (κ1) is 21.5. The van der Waals surface area contributed by atoms with Crippen molar-refractivity contribution in [1.29, 1.82) is 0 Å². The van der Waals surface area contributed by atoms with E-state index in [0.29, 0.717) is 25.4 Å². The number of aliphatic carboxylic acids is 1. The predicted molar refractivity (Wildman–Crippen MR) is 122 cm³/mol. The minimum atomic E-state index is -0.751. The first-order valence-electron chi connectivity index (χ1n) is 11.7. The van der Waals surface area contributed by atoms with E-state index < -0.39 is 5.97 Å². The number of carboxylic acid groups (broad SMARTS) is 1. The topological polar surface area (TPSA) is 92.9 Å². The number of oxazole rings is 1. The van der Waals surface area contributed by atoms with E-state index in [1.807, 2.05) is 24.3 Å². The monoisotopic (exact) mass is 448 g/mol. The van der Waals surface area contributed by atoms with Gasteiger partial charge in [0.15, 0.2) is 11.5 Å². The highest BCUT2D eigenvalue weighted by Crippen LogP contribution is 2.30. The molecule has 172 valence electrons. The summed E-state index contributed by atoms with van der Waals surface area (Å²) in [5.41, 5.74) is 5.21. The number of para-hydroxylation sites is 2. The third-order valence-electron chi connectivity index (χ3n) is 6.76. The zero-order valence-corrected chi connectivity index (χ0v) is 18.5. The molecule has 33 heavy (non-hydrogen) atoms. The fourth-order valence-electron chi connectivity index (χ4n) is 4.96. The molecule has 3 aromatic rings. The molecule has 1 N–H and O–H groups in total. The lowest BCUT2D eigenvalue weighted by Crippen LogP contribution is -2.39. The van der Waals surface area contributed by atoms with E-state index in [2.05, 4.69) is 23.2 Å². The normalized spacial score (nSPS) is 20.4. The zero-order chi connectivity index (χ0) is 22.8. The molecule has 1 saturated carbocycles. The number of hydrogen-bond acceptors (Lipinski definition) is 5. The summed E-state index contributed by atoms with van der Waals surface area (Å²) in [6, 6.07) is 14.1. The molecule has 7 nitrogen and oxygen atoms in total. The highest BCUT2D eigenvalue weighted by molar-refractivity contribution is 5.72. The van der Waals surface area contributed by atoms with Gasteiger partial charge in [-0.2, -0.15) is 0 Å². The van der Waals surface area contributed by atoms with Gasteiger partial charge in [0, 0.05) is 25.9 Å². The molecule has 1 aliphatic heterocycles. The molecule has 1 aromatic heterocycles. The van der Waals surface area contributed by atoms with Crippen molar-refractivity contribution < 1.29 is 23.8 Å². The number of nitrogens with zero attached hydrogens (tertiary/aromatic N) is 2. The number of amides is 1. The van der Waals surface area contributed by atoms with Crippen molar-refractivity contribution in [1.82, 2.24) is 9.88 Å². The summed E-state index contributed by atoms with van der Waals surface area (Å²) in [4.78, 5) is 29.9. The highest BCUT2D eigenvalue weighted by Gasteiger charge is 2.28. The molecule has 0 bridgehead atoms. The molecule has 2 aromatic carbocycles. The molecule has 0 atom stereocenters. The van der Waals surface area contributed by atoms with E-state index in [1.165, 1.54) is 5.56 Å². The van der Waals surface area contributed by atoms with Gasteiger partial charge in [-0.05, 0) is 66.8 Å². The van der Waals surface area contributed by atoms with E-state index >= 15 is 0 Å². The number of hydrogen-bond donors (Lipinski definition) is 1. The predicted octanol–water partition coefficient (Wildman–Crippen LogP) is 4.95. The molecule has 7 heteroatoms. The van der Waals surface area contributed by atoms with Crippen LogP contribution in [0.4, 0.5) is 4.79 Å². The quantitative estimate of drug-likeness (QED) is 0.594. The van der Waals surface area contributed by atoms with E-state index in [0.717, 1.165) is 54.3 Å². The van der Waals surface area contributed by atoms with Crippen LogP contribution in [0.25, 0.3) is 11.1 Å². The van der Waals surface area contributed by atoms with Gasteiger partial charge in [0.2, 0.25) is 0 Å². The molecule has 0 saturated heterocycles. The van der Waals surface area contributed by atoms with Gasteiger partial charge in [-0.3, -0.25) is 4.79 Å². The lowest BCUT2D eigenvalue weighted by molar-refractivity contribution is -0.138. The molecular formula is C26H28N2O5. The van der Waals surface area contributed by atoms with Crippen LogP contribution in [-0.4, -0.2) is 39.7 Å². The minimum absolute atomic E-state index is 0.109. The lowest BCUT2D eigenvalue weighted by atomic mass is 9.85. The van der Waals surface area contributed by atoms with Gasteiger partial charge < -0.3 is 19.2 Å². The number of carbonyl (C=O) groups excluding carboxylic acids is 1. The zero-order valence-electron chi connectivity index (χ0n) is 18.5. The molecule has 0 spiro atoms. The first-order chi connectivity index (χ1) is 16.0. The van der Waals surface area contributed by atoms with Crippen LogP contribution < -0.4 is 0 Å². The van der Waals surface area contributed by atoms with Gasteiger partial charge in [0.1, 0.15) is 11.6 Å². The Balaban J connectivity index is 1.16. The molecule has 0 unspecified atom stereocenters. The summed E-state index contributed by atoms with van der Waals surface area (Å²) in [6.07, 6.45) is 4.35. The van der Waals surface area contributed by atoms with Gasteiger partial charge in [-0.25, -0.2) is 9.78 Å². The van der Waals surface area contributed by atoms with Crippen LogP contribution in [-0.2, 0) is 28.9 Å². The molecule has 5 rings (SSSR count). The number of carboxylic acids is 1. The summed E-state index contributed by atoms with van der Waals surface area (Å²) >= 11 is 0. The average Bonchev–Trinajstić information content (AvgIpc) is 3.22. The third kappa shape index (κ3) is 5.02. The molecule has 1 amide bonds. The second-order valence-electron chi connectivity index (χ2n) is 9.15. The standard InChI is InChI=1S/C26H28N2O5/c29-25(30)15-17-6-9-21(10-7-17)32-26(31)28-12-11-19-13-18(5-8-20(19)16-28)14-24-27-22-3-1-2-4-23(22)33-24/h1-5,8,13,17,21H,6-7,9-12,14-16H2,(H,29,30). The Morgan fingerprint density at radius 1 is 1.09 bits per heavy atom. The van der Waals surface area contributed by atoms with Crippen molar-refractivity contribution in [2.45, 2.75) is 57.6 Å². The average molecular weight is 449 g/mol. The Labute approximate surface area is 192 Å². The minimum Gasteiger partial charge on any atom is -0.481 e. The first-order valence-corrected chi connectivity index (χ1v) is 11.7. The molecule has 1 fully saturated rings. The maximum Gasteiger partial charge on any atom is 0.410 e. The molecule has 2 aliphatic rings. The molecule has 1 aliphatic carbocycles. The van der Waals surface area contributed by atoms with Gasteiger partial charge >= 0.3 is 12.1 Å². The summed E-state index contributed by atoms with van der Waals surface area (Å²) in [5, 5.41) is 8.95. The molecule has 2 heterocycles. The van der Waals surface area contributed by atoms with E-state index in [1.54, 1.807) is 4.90 Å². The van der Waals surface area contributed by atoms with E-state index in [-0.39, 0.29) is 24.5 Å². The second-order valence-corrected chi connectivity index (χ2v) is 9.15. The van der Waals surface area contributed by atoms with Gasteiger partial charge in [0.05, 0.1) is 0 Å². The van der Waals surface area contributed by atoms with E-state index in [9.17, 15) is 9.59 Å². The summed E-state index contributed by atoms with van der Waals surface area (Å²) in [7, 11) is 0. The van der Waals surface area contributed by atoms with Crippen molar-refractivity contribution in [3.8, 4) is 0 Å². The fourth-order valence-corrected chi connectivity index (χ4v) is 4.96. The molecular weight excluding hydrogens is 420 g/mol. The SMILES string of the molecule is O=C(O)CC1CCC(OC(=O)N2CCc3cc(Cc4nc5ccccc5o4)ccc3C2)CC1. The van der Waals surface area contributed by atoms with Gasteiger partial charge in [-0.15, -0.1) is 0 Å². The maximum absolute atomic E-state index is 12.7. The molecule has 0 radical (unpaired) electrons. The fraction of sp³-hybridized carbons (Fsp3) is 0.423. The number of rotatable bonds is 5. The van der Waals surface area contributed by atoms with Gasteiger partial charge in [0.25, 0.3) is 0 Å². The Kier molecular flexibility index (Phi) is 6.03. The Morgan fingerprint density at radius 2 is 1.91 bits per heavy atom. The highest BCUT2D eigenvalue weighted by atomic mass is 16.6. The second kappa shape index (κ2) is 9.25. The van der Waals surface area contributed by atoms with Crippen molar-refractivity contribution in [2.75, 3.05) is 6.54 Å².